The number of rotatable bonds is 2. The number of benzene rings is 2. The molecule has 2 aliphatic rings. The van der Waals surface area contributed by atoms with Crippen molar-refractivity contribution >= 4 is 17.5 Å². The second-order valence-corrected chi connectivity index (χ2v) is 7.34. The maximum absolute atomic E-state index is 12.8. The molecule has 0 N–H and O–H groups in total. The maximum Gasteiger partial charge on any atom is 0.199 e. The molecule has 112 valence electrons. The van der Waals surface area contributed by atoms with Gasteiger partial charge in [-0.1, -0.05) is 56.3 Å². The molecule has 1 saturated heterocycles. The summed E-state index contributed by atoms with van der Waals surface area (Å²) in [6, 6.07) is 16.3. The van der Waals surface area contributed by atoms with Crippen molar-refractivity contribution in [2.24, 2.45) is 0 Å². The normalized spacial score (nSPS) is 26.3. The first kappa shape index (κ1) is 14.0. The van der Waals surface area contributed by atoms with Crippen LogP contribution in [0.5, 0.6) is 0 Å². The minimum Gasteiger partial charge on any atom is -0.351 e. The number of fused-ring (bicyclic) bond motifs is 1. The average molecular weight is 310 g/mol. The van der Waals surface area contributed by atoms with Crippen LogP contribution in [-0.2, 0) is 4.74 Å². The molecule has 2 atom stereocenters. The third kappa shape index (κ3) is 2.03. The fraction of sp³-hybridized carbons (Fsp3) is 0.316. The molecule has 22 heavy (non-hydrogen) atoms. The van der Waals surface area contributed by atoms with Crippen molar-refractivity contribution in [2.75, 3.05) is 5.75 Å². The Hall–Kier alpha value is -1.58. The highest BCUT2D eigenvalue weighted by Gasteiger charge is 2.64. The first-order chi connectivity index (χ1) is 10.6. The van der Waals surface area contributed by atoms with Crippen molar-refractivity contribution < 1.29 is 9.53 Å². The third-order valence-corrected chi connectivity index (χ3v) is 5.80. The van der Waals surface area contributed by atoms with Gasteiger partial charge >= 0.3 is 0 Å². The Morgan fingerprint density at radius 3 is 2.59 bits per heavy atom. The molecule has 0 amide bonds. The largest absolute Gasteiger partial charge is 0.351 e. The van der Waals surface area contributed by atoms with Crippen molar-refractivity contribution in [3.05, 3.63) is 65.2 Å². The van der Waals surface area contributed by atoms with E-state index in [9.17, 15) is 4.79 Å². The number of ketones is 1. The predicted molar refractivity (Wildman–Crippen MR) is 88.6 cm³/mol. The molecule has 1 fully saturated rings. The van der Waals surface area contributed by atoms with Crippen molar-refractivity contribution in [1.29, 1.82) is 0 Å². The second-order valence-electron chi connectivity index (χ2n) is 6.32. The van der Waals surface area contributed by atoms with Crippen LogP contribution in [0, 0.1) is 0 Å². The summed E-state index contributed by atoms with van der Waals surface area (Å²) in [6.45, 7) is 4.37. The van der Waals surface area contributed by atoms with Gasteiger partial charge in [0.05, 0.1) is 0 Å². The molecule has 0 radical (unpaired) electrons. The van der Waals surface area contributed by atoms with Crippen LogP contribution in [0.3, 0.4) is 0 Å². The molecule has 0 aliphatic carbocycles. The molecule has 0 bridgehead atoms. The number of carbonyl (C=O) groups excluding carboxylic acids is 1. The summed E-state index contributed by atoms with van der Waals surface area (Å²) in [7, 11) is 0. The highest BCUT2D eigenvalue weighted by atomic mass is 32.2. The average Bonchev–Trinajstić information content (AvgIpc) is 3.27. The number of carbonyl (C=O) groups is 1. The Bertz CT molecular complexity index is 735. The maximum atomic E-state index is 12.8. The Balaban J connectivity index is 1.62. The Kier molecular flexibility index (Phi) is 3.17. The number of hydrogen-bond donors (Lipinski definition) is 0. The van der Waals surface area contributed by atoms with E-state index in [4.69, 9.17) is 4.74 Å². The molecule has 2 aliphatic heterocycles. The van der Waals surface area contributed by atoms with E-state index in [1.54, 1.807) is 11.8 Å². The highest BCUT2D eigenvalue weighted by Crippen LogP contribution is 2.56. The van der Waals surface area contributed by atoms with Crippen LogP contribution in [-0.4, -0.2) is 17.1 Å². The zero-order chi connectivity index (χ0) is 15.3. The Morgan fingerprint density at radius 2 is 1.86 bits per heavy atom. The first-order valence-electron chi connectivity index (χ1n) is 7.66. The molecule has 0 aromatic heterocycles. The summed E-state index contributed by atoms with van der Waals surface area (Å²) in [4.78, 5) is 13.9. The van der Waals surface area contributed by atoms with Gasteiger partial charge in [0.1, 0.15) is 6.10 Å². The fourth-order valence-corrected chi connectivity index (χ4v) is 4.32. The molecular weight excluding hydrogens is 292 g/mol. The van der Waals surface area contributed by atoms with Gasteiger partial charge in [-0.2, -0.15) is 0 Å². The van der Waals surface area contributed by atoms with Crippen molar-refractivity contribution in [3.63, 3.8) is 0 Å². The number of epoxide rings is 1. The van der Waals surface area contributed by atoms with Crippen LogP contribution >= 0.6 is 11.8 Å². The summed E-state index contributed by atoms with van der Waals surface area (Å²) in [5.41, 5.74) is 2.59. The highest BCUT2D eigenvalue weighted by molar-refractivity contribution is 7.99. The molecule has 2 nitrogen and oxygen atoms in total. The fourth-order valence-electron chi connectivity index (χ4n) is 3.11. The lowest BCUT2D eigenvalue weighted by atomic mass is 9.91. The van der Waals surface area contributed by atoms with E-state index in [0.717, 1.165) is 16.0 Å². The molecule has 2 heterocycles. The third-order valence-electron chi connectivity index (χ3n) is 4.56. The smallest absolute Gasteiger partial charge is 0.199 e. The second kappa shape index (κ2) is 4.97. The van der Waals surface area contributed by atoms with E-state index in [-0.39, 0.29) is 11.9 Å². The van der Waals surface area contributed by atoms with Gasteiger partial charge in [0.15, 0.2) is 11.4 Å². The van der Waals surface area contributed by atoms with Gasteiger partial charge in [0.25, 0.3) is 0 Å². The quantitative estimate of drug-likeness (QED) is 0.759. The van der Waals surface area contributed by atoms with E-state index < -0.39 is 5.60 Å². The van der Waals surface area contributed by atoms with Crippen LogP contribution in [0.1, 0.15) is 47.4 Å². The topological polar surface area (TPSA) is 29.6 Å². The molecular formula is C19H18O2S. The number of thioether (sulfide) groups is 1. The molecule has 2 aromatic rings. The molecule has 2 aromatic carbocycles. The van der Waals surface area contributed by atoms with Crippen molar-refractivity contribution in [2.45, 2.75) is 36.4 Å². The zero-order valence-corrected chi connectivity index (χ0v) is 13.5. The van der Waals surface area contributed by atoms with E-state index in [1.807, 2.05) is 24.3 Å². The van der Waals surface area contributed by atoms with E-state index in [2.05, 4.69) is 38.1 Å². The minimum atomic E-state index is -0.641. The zero-order valence-electron chi connectivity index (χ0n) is 12.7. The lowest BCUT2D eigenvalue weighted by Crippen LogP contribution is -2.32. The summed E-state index contributed by atoms with van der Waals surface area (Å²) < 4.78 is 5.93. The van der Waals surface area contributed by atoms with Gasteiger partial charge in [-0.3, -0.25) is 4.79 Å². The van der Waals surface area contributed by atoms with Crippen LogP contribution in [0.4, 0.5) is 0 Å². The van der Waals surface area contributed by atoms with Crippen LogP contribution in [0.25, 0.3) is 0 Å². The molecule has 4 rings (SSSR count). The number of hydrogen-bond acceptors (Lipinski definition) is 3. The summed E-state index contributed by atoms with van der Waals surface area (Å²) in [5, 5.41) is 0. The minimum absolute atomic E-state index is 0.0953. The summed E-state index contributed by atoms with van der Waals surface area (Å²) in [6.07, 6.45) is -0.0953. The lowest BCUT2D eigenvalue weighted by Gasteiger charge is -2.20. The summed E-state index contributed by atoms with van der Waals surface area (Å²) >= 11 is 1.72. The molecule has 0 saturated carbocycles. The van der Waals surface area contributed by atoms with Crippen molar-refractivity contribution in [1.82, 2.24) is 0 Å². The predicted octanol–water partition coefficient (Wildman–Crippen LogP) is 4.61. The molecule has 0 unspecified atom stereocenters. The van der Waals surface area contributed by atoms with Gasteiger partial charge in [0, 0.05) is 16.2 Å². The van der Waals surface area contributed by atoms with Crippen molar-refractivity contribution in [3.8, 4) is 0 Å². The lowest BCUT2D eigenvalue weighted by molar-refractivity contribution is 0.0885. The summed E-state index contributed by atoms with van der Waals surface area (Å²) in [5.74, 6) is 1.36. The molecule has 3 heteroatoms. The van der Waals surface area contributed by atoms with E-state index in [1.165, 1.54) is 5.56 Å². The van der Waals surface area contributed by atoms with Crippen LogP contribution in [0.2, 0.25) is 0 Å². The standard InChI is InChI=1S/C19H18O2S/c1-12(2)13-7-9-14(10-8-13)18-19(21-18)11-22-16-6-4-3-5-15(16)17(19)20/h3-10,12,18H,11H2,1-2H3/t18-,19-/m0/s1. The number of ether oxygens (including phenoxy) is 1. The number of Topliss-reactive ketones (excluding diaryl/α,β-unsaturated/α-hetero) is 1. The van der Waals surface area contributed by atoms with Crippen LogP contribution < -0.4 is 0 Å². The monoisotopic (exact) mass is 310 g/mol. The van der Waals surface area contributed by atoms with Gasteiger partial charge < -0.3 is 4.74 Å². The Morgan fingerprint density at radius 1 is 1.14 bits per heavy atom. The van der Waals surface area contributed by atoms with Gasteiger partial charge in [0.2, 0.25) is 0 Å². The van der Waals surface area contributed by atoms with Gasteiger partial charge in [-0.05, 0) is 23.1 Å². The van der Waals surface area contributed by atoms with Gasteiger partial charge in [-0.25, -0.2) is 0 Å². The first-order valence-corrected chi connectivity index (χ1v) is 8.65. The van der Waals surface area contributed by atoms with E-state index in [0.29, 0.717) is 11.7 Å². The van der Waals surface area contributed by atoms with Crippen LogP contribution in [0.15, 0.2) is 53.4 Å². The van der Waals surface area contributed by atoms with E-state index >= 15 is 0 Å². The van der Waals surface area contributed by atoms with Gasteiger partial charge in [-0.15, -0.1) is 11.8 Å². The molecule has 1 spiro atoms. The SMILES string of the molecule is CC(C)c1ccc([C@@H]2O[C@]23CSc2ccccc2C3=O)cc1. The Labute approximate surface area is 134 Å².